The Morgan fingerprint density at radius 3 is 2.46 bits per heavy atom. The van der Waals surface area contributed by atoms with Gasteiger partial charge in [-0.05, 0) is 19.1 Å². The monoisotopic (exact) mass is 388 g/mol. The molecular formula is C16H13BrN4O3. The molecule has 0 saturated carbocycles. The van der Waals surface area contributed by atoms with Gasteiger partial charge in [-0.3, -0.25) is 4.79 Å². The fourth-order valence-electron chi connectivity index (χ4n) is 2.27. The second kappa shape index (κ2) is 7.07. The molecule has 2 aromatic rings. The Labute approximate surface area is 146 Å². The van der Waals surface area contributed by atoms with E-state index in [2.05, 4.69) is 20.9 Å². The lowest BCUT2D eigenvalue weighted by atomic mass is 9.96. The van der Waals surface area contributed by atoms with Gasteiger partial charge >= 0.3 is 0 Å². The molecule has 0 saturated heterocycles. The van der Waals surface area contributed by atoms with Crippen molar-refractivity contribution >= 4 is 21.7 Å². The van der Waals surface area contributed by atoms with Crippen molar-refractivity contribution in [1.82, 2.24) is 4.98 Å². The number of pyridine rings is 1. The van der Waals surface area contributed by atoms with Crippen LogP contribution in [0.5, 0.6) is 11.5 Å². The molecule has 0 amide bonds. The van der Waals surface area contributed by atoms with Gasteiger partial charge in [-0.25, -0.2) is 0 Å². The number of methoxy groups -OCH3 is 1. The minimum Gasteiger partial charge on any atom is -0.493 e. The zero-order valence-electron chi connectivity index (χ0n) is 12.9. The highest BCUT2D eigenvalue weighted by Gasteiger charge is 2.22. The molecule has 0 aliphatic heterocycles. The quantitative estimate of drug-likeness (QED) is 0.828. The average Bonchev–Trinajstić information content (AvgIpc) is 2.55. The van der Waals surface area contributed by atoms with Crippen LogP contribution in [0.4, 0.5) is 5.82 Å². The lowest BCUT2D eigenvalue weighted by molar-refractivity contribution is 0.311. The van der Waals surface area contributed by atoms with Gasteiger partial charge in [0.25, 0.3) is 5.56 Å². The van der Waals surface area contributed by atoms with E-state index in [9.17, 15) is 15.3 Å². The first-order valence-corrected chi connectivity index (χ1v) is 7.64. The van der Waals surface area contributed by atoms with Gasteiger partial charge in [-0.1, -0.05) is 15.9 Å². The Balaban J connectivity index is 2.92. The smallest absolute Gasteiger partial charge is 0.268 e. The fourth-order valence-corrected chi connectivity index (χ4v) is 2.79. The van der Waals surface area contributed by atoms with Gasteiger partial charge in [-0.2, -0.15) is 10.5 Å². The molecule has 3 N–H and O–H groups in total. The van der Waals surface area contributed by atoms with Gasteiger partial charge in [-0.15, -0.1) is 0 Å². The molecule has 0 unspecified atom stereocenters. The predicted molar refractivity (Wildman–Crippen MR) is 91.8 cm³/mol. The van der Waals surface area contributed by atoms with Crippen LogP contribution in [0.1, 0.15) is 18.1 Å². The van der Waals surface area contributed by atoms with Gasteiger partial charge in [0.05, 0.1) is 13.7 Å². The molecule has 0 fully saturated rings. The topological polar surface area (TPSA) is 125 Å². The molecule has 1 aromatic carbocycles. The summed E-state index contributed by atoms with van der Waals surface area (Å²) >= 11 is 3.38. The third-order valence-corrected chi connectivity index (χ3v) is 3.95. The van der Waals surface area contributed by atoms with Crippen LogP contribution in [-0.2, 0) is 0 Å². The number of anilines is 1. The van der Waals surface area contributed by atoms with Crippen molar-refractivity contribution in [3.05, 3.63) is 38.1 Å². The Morgan fingerprint density at radius 1 is 1.25 bits per heavy atom. The zero-order chi connectivity index (χ0) is 17.9. The van der Waals surface area contributed by atoms with Crippen molar-refractivity contribution in [2.24, 2.45) is 0 Å². The number of aromatic amines is 1. The summed E-state index contributed by atoms with van der Waals surface area (Å²) in [5.41, 5.74) is 5.47. The summed E-state index contributed by atoms with van der Waals surface area (Å²) in [4.78, 5) is 14.3. The summed E-state index contributed by atoms with van der Waals surface area (Å²) in [6.07, 6.45) is 0. The molecule has 0 radical (unpaired) electrons. The molecule has 1 aromatic heterocycles. The second-order valence-electron chi connectivity index (χ2n) is 4.63. The van der Waals surface area contributed by atoms with E-state index in [0.29, 0.717) is 28.1 Å². The number of nitriles is 2. The highest BCUT2D eigenvalue weighted by molar-refractivity contribution is 9.10. The molecule has 0 aliphatic carbocycles. The van der Waals surface area contributed by atoms with E-state index in [4.69, 9.17) is 15.2 Å². The van der Waals surface area contributed by atoms with Crippen LogP contribution in [0.3, 0.4) is 0 Å². The van der Waals surface area contributed by atoms with Crippen LogP contribution in [0.2, 0.25) is 0 Å². The van der Waals surface area contributed by atoms with Crippen LogP contribution in [-0.4, -0.2) is 18.7 Å². The predicted octanol–water partition coefficient (Wildman–Crippen LogP) is 2.54. The van der Waals surface area contributed by atoms with E-state index in [0.717, 1.165) is 0 Å². The molecule has 0 atom stereocenters. The minimum atomic E-state index is -0.662. The third kappa shape index (κ3) is 2.92. The standard InChI is InChI=1S/C16H13BrN4O3/c1-3-24-13-4-8(11(17)5-12(13)23-2)14-9(6-18)15(20)21-16(22)10(14)7-19/h4-5H,3H2,1-2H3,(H3,20,21,22). The summed E-state index contributed by atoms with van der Waals surface area (Å²) in [5, 5.41) is 18.7. The number of nitrogens with zero attached hydrogens (tertiary/aromatic N) is 2. The van der Waals surface area contributed by atoms with Crippen LogP contribution in [0.15, 0.2) is 21.4 Å². The van der Waals surface area contributed by atoms with Crippen molar-refractivity contribution < 1.29 is 9.47 Å². The number of nitrogen functional groups attached to an aromatic ring is 1. The maximum atomic E-state index is 12.0. The number of ether oxygens (including phenoxy) is 2. The first kappa shape index (κ1) is 17.4. The van der Waals surface area contributed by atoms with Gasteiger partial charge in [0.15, 0.2) is 11.5 Å². The normalized spacial score (nSPS) is 9.88. The zero-order valence-corrected chi connectivity index (χ0v) is 14.5. The number of nitrogens with two attached hydrogens (primary N) is 1. The molecule has 0 spiro atoms. The van der Waals surface area contributed by atoms with Gasteiger partial charge in [0, 0.05) is 15.6 Å². The minimum absolute atomic E-state index is 0.0134. The number of hydrogen-bond donors (Lipinski definition) is 2. The maximum absolute atomic E-state index is 12.0. The molecule has 122 valence electrons. The third-order valence-electron chi connectivity index (χ3n) is 3.29. The lowest BCUT2D eigenvalue weighted by Crippen LogP contribution is -2.16. The Kier molecular flexibility index (Phi) is 5.12. The van der Waals surface area contributed by atoms with E-state index in [-0.39, 0.29) is 22.5 Å². The summed E-state index contributed by atoms with van der Waals surface area (Å²) in [5.74, 6) is 0.796. The summed E-state index contributed by atoms with van der Waals surface area (Å²) in [7, 11) is 1.50. The van der Waals surface area contributed by atoms with Gasteiger partial charge < -0.3 is 20.2 Å². The van der Waals surface area contributed by atoms with Crippen molar-refractivity contribution in [3.8, 4) is 34.8 Å². The summed E-state index contributed by atoms with van der Waals surface area (Å²) in [6, 6.07) is 7.00. The van der Waals surface area contributed by atoms with E-state index >= 15 is 0 Å². The Hall–Kier alpha value is -2.97. The number of halogens is 1. The van der Waals surface area contributed by atoms with E-state index < -0.39 is 5.56 Å². The van der Waals surface area contributed by atoms with Crippen LogP contribution < -0.4 is 20.8 Å². The van der Waals surface area contributed by atoms with Crippen molar-refractivity contribution in [3.63, 3.8) is 0 Å². The van der Waals surface area contributed by atoms with Crippen molar-refractivity contribution in [2.75, 3.05) is 19.5 Å². The average molecular weight is 389 g/mol. The first-order valence-electron chi connectivity index (χ1n) is 6.85. The van der Waals surface area contributed by atoms with E-state index in [1.165, 1.54) is 7.11 Å². The van der Waals surface area contributed by atoms with E-state index in [1.807, 2.05) is 19.1 Å². The number of aromatic nitrogens is 1. The first-order chi connectivity index (χ1) is 11.5. The number of nitrogens with one attached hydrogen (secondary N) is 1. The van der Waals surface area contributed by atoms with Crippen LogP contribution >= 0.6 is 15.9 Å². The lowest BCUT2D eigenvalue weighted by Gasteiger charge is -2.15. The summed E-state index contributed by atoms with van der Waals surface area (Å²) < 4.78 is 11.3. The second-order valence-corrected chi connectivity index (χ2v) is 5.49. The van der Waals surface area contributed by atoms with Crippen LogP contribution in [0, 0.1) is 22.7 Å². The molecule has 2 rings (SSSR count). The number of rotatable bonds is 4. The molecule has 7 nitrogen and oxygen atoms in total. The number of benzene rings is 1. The maximum Gasteiger partial charge on any atom is 0.268 e. The fraction of sp³-hybridized carbons (Fsp3) is 0.188. The molecule has 0 bridgehead atoms. The molecular weight excluding hydrogens is 376 g/mol. The summed E-state index contributed by atoms with van der Waals surface area (Å²) in [6.45, 7) is 2.21. The highest BCUT2D eigenvalue weighted by Crippen LogP contribution is 2.41. The Morgan fingerprint density at radius 2 is 1.92 bits per heavy atom. The molecule has 0 aliphatic rings. The highest BCUT2D eigenvalue weighted by atomic mass is 79.9. The SMILES string of the molecule is CCOc1cc(-c2c(C#N)c(N)[nH]c(=O)c2C#N)c(Br)cc1OC. The largest absolute Gasteiger partial charge is 0.493 e. The van der Waals surface area contributed by atoms with Crippen molar-refractivity contribution in [1.29, 1.82) is 10.5 Å². The molecule has 24 heavy (non-hydrogen) atoms. The molecule has 1 heterocycles. The molecule has 8 heteroatoms. The number of hydrogen-bond acceptors (Lipinski definition) is 6. The van der Waals surface area contributed by atoms with Gasteiger partial charge in [0.2, 0.25) is 0 Å². The Bertz CT molecular complexity index is 938. The van der Waals surface area contributed by atoms with Crippen LogP contribution in [0.25, 0.3) is 11.1 Å². The van der Waals surface area contributed by atoms with E-state index in [1.54, 1.807) is 12.1 Å². The van der Waals surface area contributed by atoms with Crippen molar-refractivity contribution in [2.45, 2.75) is 6.92 Å². The number of H-pyrrole nitrogens is 1. The van der Waals surface area contributed by atoms with Gasteiger partial charge in [0.1, 0.15) is 29.1 Å².